The molecular formula is C16H25ClN2O4. The van der Waals surface area contributed by atoms with Gasteiger partial charge in [0.05, 0.1) is 21.3 Å². The summed E-state index contributed by atoms with van der Waals surface area (Å²) in [5, 5.41) is 6.25. The molecule has 1 heterocycles. The summed E-state index contributed by atoms with van der Waals surface area (Å²) < 4.78 is 16.0. The van der Waals surface area contributed by atoms with Crippen LogP contribution in [0.15, 0.2) is 12.1 Å². The molecule has 0 spiro atoms. The first-order chi connectivity index (χ1) is 10.7. The average Bonchev–Trinajstić information content (AvgIpc) is 3.04. The molecule has 0 radical (unpaired) electrons. The number of hydrogen-bond donors (Lipinski definition) is 2. The van der Waals surface area contributed by atoms with Crippen LogP contribution >= 0.6 is 12.4 Å². The molecule has 1 atom stereocenters. The van der Waals surface area contributed by atoms with E-state index in [1.807, 2.05) is 6.07 Å². The van der Waals surface area contributed by atoms with Crippen molar-refractivity contribution in [1.29, 1.82) is 0 Å². The molecule has 0 aromatic heterocycles. The molecule has 1 aromatic carbocycles. The first-order valence-electron chi connectivity index (χ1n) is 7.47. The van der Waals surface area contributed by atoms with Crippen molar-refractivity contribution in [3.8, 4) is 17.2 Å². The number of carbonyl (C=O) groups is 1. The van der Waals surface area contributed by atoms with Crippen molar-refractivity contribution in [3.05, 3.63) is 17.7 Å². The lowest BCUT2D eigenvalue weighted by Crippen LogP contribution is -2.31. The van der Waals surface area contributed by atoms with Crippen molar-refractivity contribution in [1.82, 2.24) is 10.6 Å². The number of nitrogens with one attached hydrogen (secondary N) is 2. The van der Waals surface area contributed by atoms with Gasteiger partial charge in [0.15, 0.2) is 11.5 Å². The lowest BCUT2D eigenvalue weighted by molar-refractivity contribution is -0.121. The van der Waals surface area contributed by atoms with E-state index in [9.17, 15) is 4.79 Å². The van der Waals surface area contributed by atoms with Crippen molar-refractivity contribution in [2.75, 3.05) is 27.9 Å². The van der Waals surface area contributed by atoms with Gasteiger partial charge >= 0.3 is 0 Å². The third-order valence-electron chi connectivity index (χ3n) is 3.86. The highest BCUT2D eigenvalue weighted by Crippen LogP contribution is 2.39. The maximum absolute atomic E-state index is 12.0. The summed E-state index contributed by atoms with van der Waals surface area (Å²) in [4.78, 5) is 12.0. The topological polar surface area (TPSA) is 68.8 Å². The zero-order chi connectivity index (χ0) is 15.9. The van der Waals surface area contributed by atoms with Crippen LogP contribution < -0.4 is 24.8 Å². The number of amides is 1. The number of halogens is 1. The molecule has 2 rings (SSSR count). The van der Waals surface area contributed by atoms with Gasteiger partial charge in [-0.2, -0.15) is 0 Å². The second-order valence-corrected chi connectivity index (χ2v) is 5.27. The monoisotopic (exact) mass is 344 g/mol. The molecule has 23 heavy (non-hydrogen) atoms. The third kappa shape index (κ3) is 4.91. The standard InChI is InChI=1S/C16H24N2O4.ClH/c1-20-13-7-6-11(15(21-2)16(13)22-3)10-18-14(19)9-12-5-4-8-17-12;/h6-7,12,17H,4-5,8-10H2,1-3H3,(H,18,19);1H. The van der Waals surface area contributed by atoms with E-state index >= 15 is 0 Å². The predicted molar refractivity (Wildman–Crippen MR) is 90.8 cm³/mol. The van der Waals surface area contributed by atoms with E-state index in [4.69, 9.17) is 14.2 Å². The lowest BCUT2D eigenvalue weighted by atomic mass is 10.1. The van der Waals surface area contributed by atoms with Crippen LogP contribution in [0.1, 0.15) is 24.8 Å². The average molecular weight is 345 g/mol. The van der Waals surface area contributed by atoms with Crippen molar-refractivity contribution in [2.24, 2.45) is 0 Å². The Labute approximate surface area is 143 Å². The molecule has 2 N–H and O–H groups in total. The van der Waals surface area contributed by atoms with E-state index in [0.29, 0.717) is 36.3 Å². The normalized spacial score (nSPS) is 16.4. The molecule has 0 saturated carbocycles. The van der Waals surface area contributed by atoms with Crippen LogP contribution in [0.4, 0.5) is 0 Å². The number of methoxy groups -OCH3 is 3. The van der Waals surface area contributed by atoms with Crippen LogP contribution in [-0.4, -0.2) is 39.8 Å². The summed E-state index contributed by atoms with van der Waals surface area (Å²) in [5.74, 6) is 1.76. The first kappa shape index (κ1) is 19.4. The lowest BCUT2D eigenvalue weighted by Gasteiger charge is -2.16. The van der Waals surface area contributed by atoms with Crippen molar-refractivity contribution in [2.45, 2.75) is 31.8 Å². The minimum absolute atomic E-state index is 0. The van der Waals surface area contributed by atoms with E-state index in [-0.39, 0.29) is 18.3 Å². The minimum atomic E-state index is 0. The molecule has 130 valence electrons. The Balaban J connectivity index is 0.00000264. The number of carbonyl (C=O) groups excluding carboxylic acids is 1. The van der Waals surface area contributed by atoms with E-state index in [1.54, 1.807) is 27.4 Å². The van der Waals surface area contributed by atoms with Crippen LogP contribution in [0.5, 0.6) is 17.2 Å². The fraction of sp³-hybridized carbons (Fsp3) is 0.562. The Morgan fingerprint density at radius 1 is 1.22 bits per heavy atom. The van der Waals surface area contributed by atoms with Crippen molar-refractivity contribution in [3.63, 3.8) is 0 Å². The molecule has 7 heteroatoms. The molecular weight excluding hydrogens is 320 g/mol. The fourth-order valence-electron chi connectivity index (χ4n) is 2.72. The number of benzene rings is 1. The summed E-state index contributed by atoms with van der Waals surface area (Å²) in [7, 11) is 4.72. The third-order valence-corrected chi connectivity index (χ3v) is 3.86. The van der Waals surface area contributed by atoms with Gasteiger partial charge in [0.25, 0.3) is 0 Å². The Morgan fingerprint density at radius 2 is 1.96 bits per heavy atom. The SMILES string of the molecule is COc1ccc(CNC(=O)CC2CCCN2)c(OC)c1OC.Cl. The van der Waals surface area contributed by atoms with Gasteiger partial charge in [-0.25, -0.2) is 0 Å². The Kier molecular flexibility index (Phi) is 7.98. The van der Waals surface area contributed by atoms with Crippen LogP contribution in [0.3, 0.4) is 0 Å². The highest BCUT2D eigenvalue weighted by molar-refractivity contribution is 5.85. The fourth-order valence-corrected chi connectivity index (χ4v) is 2.72. The van der Waals surface area contributed by atoms with Gasteiger partial charge in [-0.1, -0.05) is 0 Å². The maximum atomic E-state index is 12.0. The van der Waals surface area contributed by atoms with Gasteiger partial charge < -0.3 is 24.8 Å². The van der Waals surface area contributed by atoms with E-state index < -0.39 is 0 Å². The van der Waals surface area contributed by atoms with Gasteiger partial charge in [-0.05, 0) is 31.5 Å². The van der Waals surface area contributed by atoms with Crippen LogP contribution in [0, 0.1) is 0 Å². The molecule has 1 unspecified atom stereocenters. The van der Waals surface area contributed by atoms with Gasteiger partial charge in [0, 0.05) is 24.6 Å². The van der Waals surface area contributed by atoms with E-state index in [0.717, 1.165) is 24.9 Å². The van der Waals surface area contributed by atoms with E-state index in [2.05, 4.69) is 10.6 Å². The van der Waals surface area contributed by atoms with Crippen LogP contribution in [-0.2, 0) is 11.3 Å². The summed E-state index contributed by atoms with van der Waals surface area (Å²) in [5.41, 5.74) is 0.855. The van der Waals surface area contributed by atoms with Crippen LogP contribution in [0.2, 0.25) is 0 Å². The van der Waals surface area contributed by atoms with Gasteiger partial charge in [0.1, 0.15) is 0 Å². The number of rotatable bonds is 7. The Morgan fingerprint density at radius 3 is 2.52 bits per heavy atom. The minimum Gasteiger partial charge on any atom is -0.493 e. The maximum Gasteiger partial charge on any atom is 0.221 e. The highest BCUT2D eigenvalue weighted by atomic mass is 35.5. The Bertz CT molecular complexity index is 519. The van der Waals surface area contributed by atoms with Gasteiger partial charge in [-0.15, -0.1) is 12.4 Å². The number of hydrogen-bond acceptors (Lipinski definition) is 5. The largest absolute Gasteiger partial charge is 0.493 e. The summed E-state index contributed by atoms with van der Waals surface area (Å²) in [6.07, 6.45) is 2.71. The van der Waals surface area contributed by atoms with Crippen molar-refractivity contribution < 1.29 is 19.0 Å². The second-order valence-electron chi connectivity index (χ2n) is 5.27. The quantitative estimate of drug-likeness (QED) is 0.790. The molecule has 1 aromatic rings. The van der Waals surface area contributed by atoms with Gasteiger partial charge in [-0.3, -0.25) is 4.79 Å². The molecule has 1 amide bonds. The van der Waals surface area contributed by atoms with Gasteiger partial charge in [0.2, 0.25) is 11.7 Å². The summed E-state index contributed by atoms with van der Waals surface area (Å²) in [6.45, 7) is 1.40. The summed E-state index contributed by atoms with van der Waals surface area (Å²) in [6, 6.07) is 3.97. The Hall–Kier alpha value is -1.66. The first-order valence-corrected chi connectivity index (χ1v) is 7.47. The zero-order valence-electron chi connectivity index (χ0n) is 13.8. The van der Waals surface area contributed by atoms with E-state index in [1.165, 1.54) is 0 Å². The molecule has 6 nitrogen and oxygen atoms in total. The van der Waals surface area contributed by atoms with Crippen molar-refractivity contribution >= 4 is 18.3 Å². The molecule has 0 bridgehead atoms. The summed E-state index contributed by atoms with van der Waals surface area (Å²) >= 11 is 0. The molecule has 0 aliphatic carbocycles. The molecule has 1 aliphatic rings. The number of ether oxygens (including phenoxy) is 3. The zero-order valence-corrected chi connectivity index (χ0v) is 14.6. The predicted octanol–water partition coefficient (Wildman–Crippen LogP) is 1.89. The molecule has 1 aliphatic heterocycles. The second kappa shape index (κ2) is 9.47. The van der Waals surface area contributed by atoms with Crippen LogP contribution in [0.25, 0.3) is 0 Å². The molecule has 1 fully saturated rings. The molecule has 1 saturated heterocycles. The smallest absolute Gasteiger partial charge is 0.221 e. The highest BCUT2D eigenvalue weighted by Gasteiger charge is 2.19.